The monoisotopic (exact) mass is 272 g/mol. The third-order valence-corrected chi connectivity index (χ3v) is 4.08. The molecule has 2 aliphatic rings. The largest absolute Gasteiger partial charge is 0.434 e. The lowest BCUT2D eigenvalue weighted by Gasteiger charge is -2.27. The number of para-hydroxylation sites is 1. The van der Waals surface area contributed by atoms with Crippen LogP contribution in [0.3, 0.4) is 0 Å². The summed E-state index contributed by atoms with van der Waals surface area (Å²) in [6.07, 6.45) is 1.16. The van der Waals surface area contributed by atoms with Gasteiger partial charge in [-0.05, 0) is 18.1 Å². The maximum absolute atomic E-state index is 11.1. The summed E-state index contributed by atoms with van der Waals surface area (Å²) in [6.45, 7) is 2.24. The minimum absolute atomic E-state index is 0.149. The molecule has 1 saturated heterocycles. The van der Waals surface area contributed by atoms with Crippen molar-refractivity contribution in [3.8, 4) is 0 Å². The Kier molecular flexibility index (Phi) is 2.58. The van der Waals surface area contributed by atoms with Crippen LogP contribution in [0.1, 0.15) is 30.6 Å². The summed E-state index contributed by atoms with van der Waals surface area (Å²) < 4.78 is 5.18. The molecule has 104 valence electrons. The van der Waals surface area contributed by atoms with Crippen LogP contribution < -0.4 is 0 Å². The minimum atomic E-state index is -0.463. The predicted octanol–water partition coefficient (Wildman–Crippen LogP) is 2.29. The van der Waals surface area contributed by atoms with Crippen LogP contribution in [-0.4, -0.2) is 28.9 Å². The first-order valence-electron chi connectivity index (χ1n) is 6.92. The van der Waals surface area contributed by atoms with Crippen LogP contribution in [-0.2, 0) is 20.8 Å². The molecule has 0 bridgehead atoms. The van der Waals surface area contributed by atoms with Crippen LogP contribution in [0.2, 0.25) is 0 Å². The molecule has 1 aromatic carbocycles. The number of hydroxylamine groups is 2. The van der Waals surface area contributed by atoms with Crippen LogP contribution >= 0.6 is 0 Å². The number of aromatic nitrogens is 1. The van der Waals surface area contributed by atoms with Gasteiger partial charge in [0, 0.05) is 36.5 Å². The van der Waals surface area contributed by atoms with Crippen molar-refractivity contribution in [3.63, 3.8) is 0 Å². The molecule has 2 atom stereocenters. The number of rotatable bonds is 1. The standard InChI is InChI=1S/C15H16N2O3/c1-9(18)19-14-8-13-15-11(6-7-17(13)20-14)10-4-2-3-5-12(10)16-15/h2-5,13-14,16H,6-8H2,1H3/t13-,14-/m1/s1. The van der Waals surface area contributed by atoms with Gasteiger partial charge in [-0.15, -0.1) is 0 Å². The molecule has 1 N–H and O–H groups in total. The fourth-order valence-corrected chi connectivity index (χ4v) is 3.29. The van der Waals surface area contributed by atoms with E-state index in [1.54, 1.807) is 0 Å². The van der Waals surface area contributed by atoms with Crippen molar-refractivity contribution >= 4 is 16.9 Å². The van der Waals surface area contributed by atoms with Crippen LogP contribution in [0.5, 0.6) is 0 Å². The van der Waals surface area contributed by atoms with Gasteiger partial charge in [0.15, 0.2) is 0 Å². The molecule has 5 nitrogen and oxygen atoms in total. The van der Waals surface area contributed by atoms with Crippen LogP contribution in [0, 0.1) is 0 Å². The van der Waals surface area contributed by atoms with E-state index in [0.29, 0.717) is 6.42 Å². The van der Waals surface area contributed by atoms with Crippen molar-refractivity contribution < 1.29 is 14.4 Å². The van der Waals surface area contributed by atoms with E-state index in [1.807, 2.05) is 11.1 Å². The normalized spacial score (nSPS) is 25.4. The number of nitrogens with one attached hydrogen (secondary N) is 1. The molecule has 5 heteroatoms. The van der Waals surface area contributed by atoms with Gasteiger partial charge in [-0.3, -0.25) is 9.63 Å². The van der Waals surface area contributed by atoms with Gasteiger partial charge in [-0.1, -0.05) is 18.2 Å². The fraction of sp³-hybridized carbons (Fsp3) is 0.400. The molecule has 1 aromatic heterocycles. The molecule has 1 fully saturated rings. The lowest BCUT2D eigenvalue weighted by molar-refractivity contribution is -0.236. The first-order chi connectivity index (χ1) is 9.72. The highest BCUT2D eigenvalue weighted by molar-refractivity contribution is 5.85. The highest BCUT2D eigenvalue weighted by Gasteiger charge is 2.41. The van der Waals surface area contributed by atoms with E-state index < -0.39 is 6.29 Å². The van der Waals surface area contributed by atoms with Gasteiger partial charge in [-0.2, -0.15) is 5.06 Å². The Hall–Kier alpha value is -1.85. The summed E-state index contributed by atoms with van der Waals surface area (Å²) in [7, 11) is 0. The number of ether oxygens (including phenoxy) is 1. The second kappa shape index (κ2) is 4.33. The first-order valence-corrected chi connectivity index (χ1v) is 6.92. The molecular weight excluding hydrogens is 256 g/mol. The number of fused-ring (bicyclic) bond motifs is 5. The quantitative estimate of drug-likeness (QED) is 0.809. The maximum atomic E-state index is 11.1. The molecule has 0 aliphatic carbocycles. The second-order valence-corrected chi connectivity index (χ2v) is 5.35. The molecule has 3 heterocycles. The number of hydrogen-bond acceptors (Lipinski definition) is 4. The Morgan fingerprint density at radius 1 is 1.45 bits per heavy atom. The fourth-order valence-electron chi connectivity index (χ4n) is 3.29. The molecule has 0 spiro atoms. The first kappa shape index (κ1) is 11.9. The lowest BCUT2D eigenvalue weighted by Crippen LogP contribution is -2.30. The highest BCUT2D eigenvalue weighted by Crippen LogP contribution is 2.41. The predicted molar refractivity (Wildman–Crippen MR) is 72.7 cm³/mol. The molecular formula is C15H16N2O3. The minimum Gasteiger partial charge on any atom is -0.434 e. The molecule has 0 radical (unpaired) electrons. The lowest BCUT2D eigenvalue weighted by atomic mass is 9.98. The SMILES string of the molecule is CC(=O)O[C@H]1C[C@@H]2c3[nH]c4ccccc4c3CCN2O1. The van der Waals surface area contributed by atoms with Gasteiger partial charge in [0.25, 0.3) is 0 Å². The molecule has 0 saturated carbocycles. The van der Waals surface area contributed by atoms with E-state index >= 15 is 0 Å². The van der Waals surface area contributed by atoms with E-state index in [0.717, 1.165) is 18.5 Å². The summed E-state index contributed by atoms with van der Waals surface area (Å²) in [6, 6.07) is 8.50. The number of carbonyl (C=O) groups excluding carboxylic acids is 1. The van der Waals surface area contributed by atoms with Crippen LogP contribution in [0.25, 0.3) is 10.9 Å². The van der Waals surface area contributed by atoms with Gasteiger partial charge in [-0.25, -0.2) is 0 Å². The average molecular weight is 272 g/mol. The maximum Gasteiger partial charge on any atom is 0.304 e. The number of H-pyrrole nitrogens is 1. The van der Waals surface area contributed by atoms with Crippen molar-refractivity contribution in [3.05, 3.63) is 35.5 Å². The summed E-state index contributed by atoms with van der Waals surface area (Å²) in [5.74, 6) is -0.299. The Bertz CT molecular complexity index is 679. The number of benzene rings is 1. The van der Waals surface area contributed by atoms with Crippen molar-refractivity contribution in [2.45, 2.75) is 32.1 Å². The van der Waals surface area contributed by atoms with Crippen molar-refractivity contribution in [2.75, 3.05) is 6.54 Å². The van der Waals surface area contributed by atoms with E-state index in [4.69, 9.17) is 9.57 Å². The van der Waals surface area contributed by atoms with Crippen molar-refractivity contribution in [1.29, 1.82) is 0 Å². The molecule has 2 aliphatic heterocycles. The summed E-state index contributed by atoms with van der Waals surface area (Å²) >= 11 is 0. The van der Waals surface area contributed by atoms with Crippen molar-refractivity contribution in [2.24, 2.45) is 0 Å². The van der Waals surface area contributed by atoms with Gasteiger partial charge < -0.3 is 9.72 Å². The van der Waals surface area contributed by atoms with Crippen molar-refractivity contribution in [1.82, 2.24) is 10.0 Å². The smallest absolute Gasteiger partial charge is 0.304 e. The van der Waals surface area contributed by atoms with E-state index in [9.17, 15) is 4.79 Å². The number of carbonyl (C=O) groups is 1. The number of nitrogens with zero attached hydrogens (tertiary/aromatic N) is 1. The Morgan fingerprint density at radius 3 is 3.15 bits per heavy atom. The Labute approximate surface area is 116 Å². The zero-order valence-corrected chi connectivity index (χ0v) is 11.3. The van der Waals surface area contributed by atoms with Crippen LogP contribution in [0.15, 0.2) is 24.3 Å². The van der Waals surface area contributed by atoms with Crippen LogP contribution in [0.4, 0.5) is 0 Å². The van der Waals surface area contributed by atoms with E-state index in [-0.39, 0.29) is 12.0 Å². The molecule has 4 rings (SSSR count). The summed E-state index contributed by atoms with van der Waals surface area (Å²) in [4.78, 5) is 20.3. The summed E-state index contributed by atoms with van der Waals surface area (Å²) in [5, 5.41) is 3.23. The molecule has 0 amide bonds. The van der Waals surface area contributed by atoms with Gasteiger partial charge in [0.2, 0.25) is 6.29 Å². The van der Waals surface area contributed by atoms with Gasteiger partial charge in [0.05, 0.1) is 6.04 Å². The summed E-state index contributed by atoms with van der Waals surface area (Å²) in [5.41, 5.74) is 3.73. The highest BCUT2D eigenvalue weighted by atomic mass is 16.8. The number of hydrogen-bond donors (Lipinski definition) is 1. The number of aromatic amines is 1. The third-order valence-electron chi connectivity index (χ3n) is 4.08. The Balaban J connectivity index is 1.71. The molecule has 0 unspecified atom stereocenters. The molecule has 20 heavy (non-hydrogen) atoms. The Morgan fingerprint density at radius 2 is 2.30 bits per heavy atom. The van der Waals surface area contributed by atoms with Gasteiger partial charge in [0.1, 0.15) is 0 Å². The van der Waals surface area contributed by atoms with E-state index in [2.05, 4.69) is 23.2 Å². The zero-order valence-electron chi connectivity index (χ0n) is 11.3. The second-order valence-electron chi connectivity index (χ2n) is 5.35. The third kappa shape index (κ3) is 1.74. The zero-order chi connectivity index (χ0) is 13.7. The topological polar surface area (TPSA) is 54.6 Å². The van der Waals surface area contributed by atoms with Gasteiger partial charge >= 0.3 is 5.97 Å². The van der Waals surface area contributed by atoms with E-state index in [1.165, 1.54) is 23.6 Å². The number of esters is 1. The molecule has 2 aromatic rings. The average Bonchev–Trinajstić information content (AvgIpc) is 2.97.